The first-order valence-electron chi connectivity index (χ1n) is 5.62. The summed E-state index contributed by atoms with van der Waals surface area (Å²) >= 11 is 3.29. The lowest BCUT2D eigenvalue weighted by Gasteiger charge is -2.01. The van der Waals surface area contributed by atoms with Crippen molar-refractivity contribution in [3.63, 3.8) is 0 Å². The second-order valence-electron chi connectivity index (χ2n) is 4.00. The van der Waals surface area contributed by atoms with E-state index in [1.165, 1.54) is 6.07 Å². The van der Waals surface area contributed by atoms with E-state index in [1.54, 1.807) is 19.1 Å². The lowest BCUT2D eigenvalue weighted by atomic mass is 10.1. The van der Waals surface area contributed by atoms with Crippen LogP contribution in [-0.4, -0.2) is 9.91 Å². The molecule has 0 aliphatic carbocycles. The van der Waals surface area contributed by atoms with Crippen molar-refractivity contribution in [2.75, 3.05) is 0 Å². The number of aryl methyl sites for hydroxylation is 1. The van der Waals surface area contributed by atoms with Gasteiger partial charge in [-0.2, -0.15) is 0 Å². The number of nitro groups is 1. The molecule has 0 N–H and O–H groups in total. The highest BCUT2D eigenvalue weighted by Crippen LogP contribution is 2.25. The van der Waals surface area contributed by atoms with E-state index in [9.17, 15) is 10.1 Å². The van der Waals surface area contributed by atoms with Crippen LogP contribution < -0.4 is 0 Å². The lowest BCUT2D eigenvalue weighted by molar-refractivity contribution is -0.385. The van der Waals surface area contributed by atoms with Crippen molar-refractivity contribution in [1.29, 1.82) is 0 Å². The number of hydrogen-bond donors (Lipinski definition) is 0. The fourth-order valence-corrected chi connectivity index (χ4v) is 1.90. The van der Waals surface area contributed by atoms with Gasteiger partial charge in [0.2, 0.25) is 0 Å². The quantitative estimate of drug-likeness (QED) is 0.483. The molecule has 0 amide bonds. The van der Waals surface area contributed by atoms with Crippen LogP contribution in [0.25, 0.3) is 12.2 Å². The molecule has 19 heavy (non-hydrogen) atoms. The minimum atomic E-state index is -0.420. The molecule has 1 aromatic carbocycles. The van der Waals surface area contributed by atoms with Crippen molar-refractivity contribution in [1.82, 2.24) is 4.98 Å². The lowest BCUT2D eigenvalue weighted by Crippen LogP contribution is -1.96. The molecule has 2 rings (SSSR count). The number of aromatic nitrogens is 1. The Morgan fingerprint density at radius 3 is 2.58 bits per heavy atom. The smallest absolute Gasteiger partial charge is 0.258 e. The average molecular weight is 319 g/mol. The van der Waals surface area contributed by atoms with Gasteiger partial charge in [0.1, 0.15) is 10.3 Å². The van der Waals surface area contributed by atoms with Crippen molar-refractivity contribution in [2.45, 2.75) is 6.92 Å². The maximum Gasteiger partial charge on any atom is 0.295 e. The Hall–Kier alpha value is -2.01. The van der Waals surface area contributed by atoms with Gasteiger partial charge in [0, 0.05) is 6.07 Å². The molecule has 0 unspecified atom stereocenters. The van der Waals surface area contributed by atoms with E-state index in [1.807, 2.05) is 30.3 Å². The van der Waals surface area contributed by atoms with Gasteiger partial charge in [0.05, 0.1) is 4.92 Å². The van der Waals surface area contributed by atoms with Crippen molar-refractivity contribution in [3.8, 4) is 0 Å². The number of benzene rings is 1. The van der Waals surface area contributed by atoms with E-state index in [0.717, 1.165) is 11.1 Å². The summed E-state index contributed by atoms with van der Waals surface area (Å²) in [5, 5.41) is 11.0. The summed E-state index contributed by atoms with van der Waals surface area (Å²) in [6.07, 6.45) is 3.45. The summed E-state index contributed by atoms with van der Waals surface area (Å²) in [4.78, 5) is 14.8. The molecule has 5 heteroatoms. The van der Waals surface area contributed by atoms with Crippen LogP contribution in [0.15, 0.2) is 41.0 Å². The first-order valence-corrected chi connectivity index (χ1v) is 6.42. The highest BCUT2D eigenvalue weighted by Gasteiger charge is 2.15. The van der Waals surface area contributed by atoms with E-state index in [-0.39, 0.29) is 5.69 Å². The molecule has 96 valence electrons. The highest BCUT2D eigenvalue weighted by molar-refractivity contribution is 9.10. The fourth-order valence-electron chi connectivity index (χ4n) is 1.60. The molecule has 4 nitrogen and oxygen atoms in total. The molecule has 2 aromatic rings. The molecular weight excluding hydrogens is 308 g/mol. The summed E-state index contributed by atoms with van der Waals surface area (Å²) in [7, 11) is 0. The zero-order valence-electron chi connectivity index (χ0n) is 10.2. The monoisotopic (exact) mass is 318 g/mol. The Morgan fingerprint density at radius 2 is 1.95 bits per heavy atom. The van der Waals surface area contributed by atoms with Gasteiger partial charge in [-0.25, -0.2) is 4.98 Å². The van der Waals surface area contributed by atoms with Gasteiger partial charge in [0.15, 0.2) is 0 Å². The van der Waals surface area contributed by atoms with Gasteiger partial charge in [-0.15, -0.1) is 0 Å². The predicted octanol–water partition coefficient (Wildman–Crippen LogP) is 4.23. The van der Waals surface area contributed by atoms with Crippen molar-refractivity contribution < 1.29 is 4.92 Å². The Labute approximate surface area is 119 Å². The highest BCUT2D eigenvalue weighted by atomic mass is 79.9. The normalized spacial score (nSPS) is 10.8. The average Bonchev–Trinajstić information content (AvgIpc) is 2.40. The van der Waals surface area contributed by atoms with Crippen LogP contribution in [0.1, 0.15) is 16.8 Å². The van der Waals surface area contributed by atoms with E-state index < -0.39 is 4.92 Å². The van der Waals surface area contributed by atoms with Gasteiger partial charge in [-0.05, 0) is 40.1 Å². The van der Waals surface area contributed by atoms with Crippen LogP contribution in [0.2, 0.25) is 0 Å². The van der Waals surface area contributed by atoms with Crippen molar-refractivity contribution in [3.05, 3.63) is 67.9 Å². The van der Waals surface area contributed by atoms with E-state index in [2.05, 4.69) is 20.9 Å². The third-order valence-corrected chi connectivity index (χ3v) is 3.39. The van der Waals surface area contributed by atoms with Crippen LogP contribution in [0, 0.1) is 17.0 Å². The number of pyridine rings is 1. The van der Waals surface area contributed by atoms with Crippen molar-refractivity contribution in [2.24, 2.45) is 0 Å². The largest absolute Gasteiger partial charge is 0.295 e. The molecule has 0 aliphatic heterocycles. The number of rotatable bonds is 3. The Kier molecular flexibility index (Phi) is 4.06. The third kappa shape index (κ3) is 3.26. The van der Waals surface area contributed by atoms with Gasteiger partial charge in [-0.1, -0.05) is 36.4 Å². The van der Waals surface area contributed by atoms with Gasteiger partial charge in [0.25, 0.3) is 5.69 Å². The van der Waals surface area contributed by atoms with E-state index in [4.69, 9.17) is 0 Å². The number of hydrogen-bond acceptors (Lipinski definition) is 3. The molecular formula is C14H11BrN2O2. The second kappa shape index (κ2) is 5.75. The molecule has 0 aliphatic rings. The first-order chi connectivity index (χ1) is 9.08. The second-order valence-corrected chi connectivity index (χ2v) is 4.75. The van der Waals surface area contributed by atoms with Crippen LogP contribution in [0.3, 0.4) is 0 Å². The van der Waals surface area contributed by atoms with Crippen LogP contribution in [0.4, 0.5) is 5.69 Å². The Bertz CT molecular complexity index is 639. The molecule has 0 saturated heterocycles. The fraction of sp³-hybridized carbons (Fsp3) is 0.0714. The molecule has 0 bridgehead atoms. The van der Waals surface area contributed by atoms with Crippen LogP contribution >= 0.6 is 15.9 Å². The minimum Gasteiger partial charge on any atom is -0.258 e. The van der Waals surface area contributed by atoms with Crippen LogP contribution in [0.5, 0.6) is 0 Å². The molecule has 1 aromatic heterocycles. The third-order valence-electron chi connectivity index (χ3n) is 2.59. The number of halogens is 1. The number of nitrogens with zero attached hydrogens (tertiary/aromatic N) is 2. The zero-order valence-corrected chi connectivity index (χ0v) is 11.8. The Morgan fingerprint density at radius 1 is 1.26 bits per heavy atom. The molecule has 0 saturated carbocycles. The summed E-state index contributed by atoms with van der Waals surface area (Å²) in [5.74, 6) is 0. The summed E-state index contributed by atoms with van der Waals surface area (Å²) in [6.45, 7) is 1.77. The summed E-state index contributed by atoms with van der Waals surface area (Å²) in [6, 6.07) is 11.1. The van der Waals surface area contributed by atoms with E-state index in [0.29, 0.717) is 10.3 Å². The van der Waals surface area contributed by atoms with E-state index >= 15 is 0 Å². The first kappa shape index (κ1) is 13.4. The molecule has 1 heterocycles. The standard InChI is InChI=1S/C14H11BrN2O2/c1-10-9-13(17(18)19)12(16-14(10)15)8-7-11-5-3-2-4-6-11/h2-9H,1H3. The molecule has 0 spiro atoms. The SMILES string of the molecule is Cc1cc([N+](=O)[O-])c(C=Cc2ccccc2)nc1Br. The van der Waals surface area contributed by atoms with Crippen molar-refractivity contribution >= 4 is 33.8 Å². The van der Waals surface area contributed by atoms with Gasteiger partial charge < -0.3 is 0 Å². The maximum absolute atomic E-state index is 11.0. The molecule has 0 atom stereocenters. The minimum absolute atomic E-state index is 0.00730. The van der Waals surface area contributed by atoms with Gasteiger partial charge >= 0.3 is 0 Å². The Balaban J connectivity index is 2.42. The summed E-state index contributed by atoms with van der Waals surface area (Å²) in [5.41, 5.74) is 2.05. The zero-order chi connectivity index (χ0) is 13.8. The maximum atomic E-state index is 11.0. The van der Waals surface area contributed by atoms with Crippen LogP contribution in [-0.2, 0) is 0 Å². The predicted molar refractivity (Wildman–Crippen MR) is 78.7 cm³/mol. The molecule has 0 fully saturated rings. The topological polar surface area (TPSA) is 56.0 Å². The van der Waals surface area contributed by atoms with Gasteiger partial charge in [-0.3, -0.25) is 10.1 Å². The molecule has 0 radical (unpaired) electrons. The summed E-state index contributed by atoms with van der Waals surface area (Å²) < 4.78 is 0.616.